The van der Waals surface area contributed by atoms with Crippen LogP contribution >= 0.6 is 0 Å². The number of hydrogen-bond acceptors (Lipinski definition) is 2. The highest BCUT2D eigenvalue weighted by atomic mass is 19.4. The first kappa shape index (κ1) is 10.8. The van der Waals surface area contributed by atoms with Crippen molar-refractivity contribution in [3.63, 3.8) is 0 Å². The molecule has 0 spiro atoms. The molecule has 0 atom stereocenters. The molecule has 1 saturated carbocycles. The van der Waals surface area contributed by atoms with Crippen LogP contribution in [-0.4, -0.2) is 24.8 Å². The van der Waals surface area contributed by atoms with Crippen LogP contribution in [0, 0.1) is 5.92 Å². The van der Waals surface area contributed by atoms with E-state index in [9.17, 15) is 13.2 Å². The number of hydrogen-bond donors (Lipinski definition) is 2. The Morgan fingerprint density at radius 2 is 2.00 bits per heavy atom. The normalized spacial score (nSPS) is 34.4. The van der Waals surface area contributed by atoms with E-state index in [0.29, 0.717) is 5.92 Å². The minimum Gasteiger partial charge on any atom is -0.329 e. The van der Waals surface area contributed by atoms with Gasteiger partial charge in [0.1, 0.15) is 0 Å². The third-order valence-electron chi connectivity index (χ3n) is 2.53. The maximum Gasteiger partial charge on any atom is 0.401 e. The quantitative estimate of drug-likeness (QED) is 0.713. The van der Waals surface area contributed by atoms with Crippen molar-refractivity contribution in [3.05, 3.63) is 0 Å². The van der Waals surface area contributed by atoms with Gasteiger partial charge in [0.2, 0.25) is 0 Å². The molecule has 0 aromatic heterocycles. The smallest absolute Gasteiger partial charge is 0.329 e. The van der Waals surface area contributed by atoms with Crippen molar-refractivity contribution in [1.29, 1.82) is 0 Å². The molecule has 0 amide bonds. The molecule has 3 N–H and O–H groups in total. The molecule has 0 heterocycles. The summed E-state index contributed by atoms with van der Waals surface area (Å²) in [5, 5.41) is 2.50. The van der Waals surface area contributed by atoms with Crippen LogP contribution in [0.1, 0.15) is 19.8 Å². The summed E-state index contributed by atoms with van der Waals surface area (Å²) in [4.78, 5) is 0. The third-order valence-corrected chi connectivity index (χ3v) is 2.53. The fourth-order valence-corrected chi connectivity index (χ4v) is 1.95. The summed E-state index contributed by atoms with van der Waals surface area (Å²) in [6.07, 6.45) is -2.64. The molecule has 0 unspecified atom stereocenters. The molecule has 1 fully saturated rings. The van der Waals surface area contributed by atoms with Crippen LogP contribution in [0.25, 0.3) is 0 Å². The van der Waals surface area contributed by atoms with Gasteiger partial charge in [-0.15, -0.1) is 0 Å². The van der Waals surface area contributed by atoms with E-state index in [1.54, 1.807) is 0 Å². The first-order valence-electron chi connectivity index (χ1n) is 4.39. The van der Waals surface area contributed by atoms with Crippen molar-refractivity contribution in [2.24, 2.45) is 11.7 Å². The number of rotatable bonds is 3. The monoisotopic (exact) mass is 196 g/mol. The van der Waals surface area contributed by atoms with Gasteiger partial charge in [0.15, 0.2) is 0 Å². The summed E-state index contributed by atoms with van der Waals surface area (Å²) in [6.45, 7) is 1.37. The minimum absolute atomic E-state index is 0.285. The number of nitrogens with two attached hydrogens (primary N) is 1. The van der Waals surface area contributed by atoms with Gasteiger partial charge in [-0.3, -0.25) is 0 Å². The lowest BCUT2D eigenvalue weighted by molar-refractivity contribution is -0.132. The molecule has 0 bridgehead atoms. The summed E-state index contributed by atoms with van der Waals surface area (Å²) in [7, 11) is 0. The van der Waals surface area contributed by atoms with Gasteiger partial charge < -0.3 is 11.1 Å². The SMILES string of the molecule is CC1CC(CN)(NCC(F)(F)F)C1. The Morgan fingerprint density at radius 1 is 1.46 bits per heavy atom. The van der Waals surface area contributed by atoms with Crippen molar-refractivity contribution >= 4 is 0 Å². The zero-order valence-electron chi connectivity index (χ0n) is 7.62. The van der Waals surface area contributed by atoms with Gasteiger partial charge in [0.05, 0.1) is 6.54 Å². The van der Waals surface area contributed by atoms with Crippen LogP contribution in [0.15, 0.2) is 0 Å². The standard InChI is InChI=1S/C8H15F3N2/c1-6-2-7(3-6,4-12)13-5-8(9,10)11/h6,13H,2-5,12H2,1H3. The minimum atomic E-state index is -4.14. The molecule has 0 aromatic rings. The lowest BCUT2D eigenvalue weighted by atomic mass is 9.69. The molecule has 0 saturated heterocycles. The molecule has 5 heteroatoms. The second-order valence-corrected chi connectivity index (χ2v) is 3.97. The Hall–Kier alpha value is -0.290. The summed E-state index contributed by atoms with van der Waals surface area (Å²) in [5.74, 6) is 0.490. The van der Waals surface area contributed by atoms with Crippen molar-refractivity contribution in [1.82, 2.24) is 5.32 Å². The first-order chi connectivity index (χ1) is 5.87. The number of halogens is 3. The fourth-order valence-electron chi connectivity index (χ4n) is 1.95. The van der Waals surface area contributed by atoms with Crippen LogP contribution in [0.5, 0.6) is 0 Å². The maximum absolute atomic E-state index is 11.9. The van der Waals surface area contributed by atoms with Crippen LogP contribution in [0.2, 0.25) is 0 Å². The van der Waals surface area contributed by atoms with E-state index >= 15 is 0 Å². The molecule has 1 aliphatic carbocycles. The summed E-state index contributed by atoms with van der Waals surface area (Å²) >= 11 is 0. The van der Waals surface area contributed by atoms with Crippen LogP contribution in [0.4, 0.5) is 13.2 Å². The molecule has 78 valence electrons. The predicted molar refractivity (Wildman–Crippen MR) is 44.2 cm³/mol. The van der Waals surface area contributed by atoms with E-state index in [-0.39, 0.29) is 6.54 Å². The zero-order valence-corrected chi connectivity index (χ0v) is 7.62. The average molecular weight is 196 g/mol. The summed E-state index contributed by atoms with van der Waals surface area (Å²) in [5.41, 5.74) is 4.98. The molecule has 0 radical (unpaired) electrons. The first-order valence-corrected chi connectivity index (χ1v) is 4.39. The number of alkyl halides is 3. The van der Waals surface area contributed by atoms with Gasteiger partial charge in [-0.05, 0) is 18.8 Å². The van der Waals surface area contributed by atoms with Crippen molar-refractivity contribution in [2.75, 3.05) is 13.1 Å². The molecule has 2 nitrogen and oxygen atoms in total. The molecule has 1 rings (SSSR count). The molecular formula is C8H15F3N2. The Bertz CT molecular complexity index is 173. The van der Waals surface area contributed by atoms with Gasteiger partial charge in [-0.2, -0.15) is 13.2 Å². The fraction of sp³-hybridized carbons (Fsp3) is 1.00. The van der Waals surface area contributed by atoms with Crippen molar-refractivity contribution in [3.8, 4) is 0 Å². The molecule has 0 aromatic carbocycles. The maximum atomic E-state index is 11.9. The largest absolute Gasteiger partial charge is 0.401 e. The van der Waals surface area contributed by atoms with Crippen LogP contribution < -0.4 is 11.1 Å². The van der Waals surface area contributed by atoms with E-state index in [0.717, 1.165) is 12.8 Å². The lowest BCUT2D eigenvalue weighted by Crippen LogP contribution is -2.61. The van der Waals surface area contributed by atoms with Crippen molar-refractivity contribution < 1.29 is 13.2 Å². The number of nitrogens with one attached hydrogen (secondary N) is 1. The predicted octanol–water partition coefficient (Wildman–Crippen LogP) is 1.27. The van der Waals surface area contributed by atoms with E-state index in [1.165, 1.54) is 0 Å². The van der Waals surface area contributed by atoms with E-state index in [4.69, 9.17) is 5.73 Å². The summed E-state index contributed by atoms with van der Waals surface area (Å²) in [6, 6.07) is 0. The van der Waals surface area contributed by atoms with Gasteiger partial charge in [-0.25, -0.2) is 0 Å². The van der Waals surface area contributed by atoms with Crippen molar-refractivity contribution in [2.45, 2.75) is 31.5 Å². The van der Waals surface area contributed by atoms with Gasteiger partial charge in [0.25, 0.3) is 0 Å². The lowest BCUT2D eigenvalue weighted by Gasteiger charge is -2.46. The van der Waals surface area contributed by atoms with E-state index < -0.39 is 18.3 Å². The Kier molecular flexibility index (Phi) is 2.87. The van der Waals surface area contributed by atoms with E-state index in [1.807, 2.05) is 6.92 Å². The second kappa shape index (κ2) is 3.46. The molecule has 13 heavy (non-hydrogen) atoms. The highest BCUT2D eigenvalue weighted by molar-refractivity contribution is 5.00. The third kappa shape index (κ3) is 2.84. The Balaban J connectivity index is 2.34. The summed E-state index contributed by atoms with van der Waals surface area (Å²) < 4.78 is 35.6. The van der Waals surface area contributed by atoms with E-state index in [2.05, 4.69) is 5.32 Å². The average Bonchev–Trinajstić information content (AvgIpc) is 1.94. The van der Waals surface area contributed by atoms with Crippen LogP contribution in [-0.2, 0) is 0 Å². The molecule has 1 aliphatic rings. The second-order valence-electron chi connectivity index (χ2n) is 3.97. The zero-order chi connectivity index (χ0) is 10.1. The molecular weight excluding hydrogens is 181 g/mol. The van der Waals surface area contributed by atoms with Gasteiger partial charge in [-0.1, -0.05) is 6.92 Å². The molecule has 0 aliphatic heterocycles. The van der Waals surface area contributed by atoms with Gasteiger partial charge >= 0.3 is 6.18 Å². The Morgan fingerprint density at radius 3 is 2.31 bits per heavy atom. The highest BCUT2D eigenvalue weighted by Crippen LogP contribution is 2.37. The topological polar surface area (TPSA) is 38.0 Å². The van der Waals surface area contributed by atoms with Crippen LogP contribution in [0.3, 0.4) is 0 Å². The Labute approximate surface area is 75.7 Å². The highest BCUT2D eigenvalue weighted by Gasteiger charge is 2.42. The van der Waals surface area contributed by atoms with Gasteiger partial charge in [0, 0.05) is 12.1 Å².